The smallest absolute Gasteiger partial charge is 0.305 e. The number of hydrogen-bond acceptors (Lipinski definition) is 2. The molecule has 2 nitrogen and oxygen atoms in total. The van der Waals surface area contributed by atoms with Crippen LogP contribution in [-0.2, 0) is 9.53 Å². The first-order valence-electron chi connectivity index (χ1n) is 4.72. The zero-order valence-corrected chi connectivity index (χ0v) is 9.89. The number of carbonyl (C=O) groups is 1. The van der Waals surface area contributed by atoms with Gasteiger partial charge in [0.25, 0.3) is 0 Å². The van der Waals surface area contributed by atoms with Gasteiger partial charge >= 0.3 is 5.97 Å². The van der Waals surface area contributed by atoms with Gasteiger partial charge in [0.15, 0.2) is 0 Å². The summed E-state index contributed by atoms with van der Waals surface area (Å²) in [5.74, 6) is -0.203. The molecule has 13 heavy (non-hydrogen) atoms. The highest BCUT2D eigenvalue weighted by molar-refractivity contribution is 6.71. The van der Waals surface area contributed by atoms with Gasteiger partial charge in [0.1, 0.15) is 0 Å². The van der Waals surface area contributed by atoms with E-state index in [1.165, 1.54) is 0 Å². The third-order valence-electron chi connectivity index (χ3n) is 2.27. The maximum atomic E-state index is 13.4. The number of ether oxygens (including phenoxy) is 1. The van der Waals surface area contributed by atoms with Crippen LogP contribution in [0.4, 0.5) is 4.11 Å². The molecule has 0 N–H and O–H groups in total. The summed E-state index contributed by atoms with van der Waals surface area (Å²) in [4.78, 5) is 10.7. The molecule has 1 unspecified atom stereocenters. The molecular weight excluding hydrogens is 187 g/mol. The molecule has 0 aromatic rings. The lowest BCUT2D eigenvalue weighted by Gasteiger charge is -2.19. The number of hydrogen-bond donors (Lipinski definition) is 0. The summed E-state index contributed by atoms with van der Waals surface area (Å²) in [5.41, 5.74) is 0.0529. The zero-order valence-electron chi connectivity index (χ0n) is 8.89. The first kappa shape index (κ1) is 12.6. The molecule has 0 heterocycles. The lowest BCUT2D eigenvalue weighted by atomic mass is 10.3. The van der Waals surface area contributed by atoms with E-state index >= 15 is 0 Å². The summed E-state index contributed by atoms with van der Waals surface area (Å²) < 4.78 is 18.3. The average molecular weight is 206 g/mol. The Balaban J connectivity index is 3.60. The highest BCUT2D eigenvalue weighted by Crippen LogP contribution is 2.25. The molecular formula is C9H19FO2Si. The van der Waals surface area contributed by atoms with E-state index in [4.69, 9.17) is 4.74 Å². The summed E-state index contributed by atoms with van der Waals surface area (Å²) in [5, 5.41) is 0. The highest BCUT2D eigenvalue weighted by atomic mass is 28.4. The van der Waals surface area contributed by atoms with E-state index in [0.717, 1.165) is 0 Å². The number of esters is 1. The Morgan fingerprint density at radius 2 is 2.08 bits per heavy atom. The molecule has 4 heteroatoms. The molecule has 0 amide bonds. The fourth-order valence-corrected chi connectivity index (χ4v) is 1.60. The van der Waals surface area contributed by atoms with Crippen LogP contribution in [0, 0.1) is 0 Å². The minimum absolute atomic E-state index is 0.0529. The largest absolute Gasteiger partial charge is 0.466 e. The van der Waals surface area contributed by atoms with Crippen molar-refractivity contribution in [1.29, 1.82) is 0 Å². The van der Waals surface area contributed by atoms with Crippen molar-refractivity contribution >= 4 is 14.4 Å². The van der Waals surface area contributed by atoms with Crippen LogP contribution >= 0.6 is 0 Å². The molecule has 0 radical (unpaired) electrons. The van der Waals surface area contributed by atoms with Gasteiger partial charge in [0.2, 0.25) is 8.41 Å². The maximum absolute atomic E-state index is 13.4. The van der Waals surface area contributed by atoms with Crippen LogP contribution in [0.3, 0.4) is 0 Å². The normalized spacial score (nSPS) is 13.9. The Morgan fingerprint density at radius 3 is 2.46 bits per heavy atom. The van der Waals surface area contributed by atoms with Crippen molar-refractivity contribution in [3.63, 3.8) is 0 Å². The first-order valence-corrected chi connectivity index (χ1v) is 7.68. The highest BCUT2D eigenvalue weighted by Gasteiger charge is 2.28. The lowest BCUT2D eigenvalue weighted by Crippen LogP contribution is -2.25. The van der Waals surface area contributed by atoms with Crippen molar-refractivity contribution in [2.75, 3.05) is 6.61 Å². The van der Waals surface area contributed by atoms with E-state index in [2.05, 4.69) is 0 Å². The van der Waals surface area contributed by atoms with Crippen LogP contribution in [0.15, 0.2) is 0 Å². The van der Waals surface area contributed by atoms with Crippen LogP contribution < -0.4 is 0 Å². The summed E-state index contributed by atoms with van der Waals surface area (Å²) >= 11 is 0. The van der Waals surface area contributed by atoms with E-state index in [9.17, 15) is 8.90 Å². The third kappa shape index (κ3) is 5.79. The topological polar surface area (TPSA) is 26.3 Å². The average Bonchev–Trinajstić information content (AvgIpc) is 2.02. The summed E-state index contributed by atoms with van der Waals surface area (Å²) in [7, 11) is -2.53. The van der Waals surface area contributed by atoms with Gasteiger partial charge in [-0.15, -0.1) is 0 Å². The first-order chi connectivity index (χ1) is 5.88. The fraction of sp³-hybridized carbons (Fsp3) is 0.889. The van der Waals surface area contributed by atoms with Crippen molar-refractivity contribution < 1.29 is 13.6 Å². The van der Waals surface area contributed by atoms with Crippen LogP contribution in [0.2, 0.25) is 18.6 Å². The fourth-order valence-electron chi connectivity index (χ4n) is 0.795. The quantitative estimate of drug-likeness (QED) is 0.393. The SMILES string of the molecule is CCC(=O)OCCC(C)[Si](C)(C)F. The van der Waals surface area contributed by atoms with Gasteiger partial charge in [-0.2, -0.15) is 0 Å². The van der Waals surface area contributed by atoms with Gasteiger partial charge in [-0.25, -0.2) is 0 Å². The van der Waals surface area contributed by atoms with Gasteiger partial charge in [-0.3, -0.25) is 4.79 Å². The predicted molar refractivity (Wildman–Crippen MR) is 53.9 cm³/mol. The molecule has 0 saturated heterocycles. The maximum Gasteiger partial charge on any atom is 0.305 e. The molecule has 0 aromatic carbocycles. The Bertz CT molecular complexity index is 165. The van der Waals surface area contributed by atoms with Crippen molar-refractivity contribution in [1.82, 2.24) is 0 Å². The molecule has 0 aliphatic heterocycles. The molecule has 0 aliphatic rings. The third-order valence-corrected chi connectivity index (χ3v) is 4.91. The Morgan fingerprint density at radius 1 is 1.54 bits per heavy atom. The van der Waals surface area contributed by atoms with Crippen LogP contribution in [0.5, 0.6) is 0 Å². The second kappa shape index (κ2) is 5.37. The van der Waals surface area contributed by atoms with Crippen molar-refractivity contribution in [3.05, 3.63) is 0 Å². The Kier molecular flexibility index (Phi) is 5.21. The second-order valence-corrected chi connectivity index (χ2v) is 7.94. The molecule has 0 fully saturated rings. The standard InChI is InChI=1S/C9H19FO2Si/c1-5-9(11)12-7-6-8(2)13(3,4)10/h8H,5-7H2,1-4H3. The van der Waals surface area contributed by atoms with Crippen molar-refractivity contribution in [3.8, 4) is 0 Å². The van der Waals surface area contributed by atoms with E-state index in [0.29, 0.717) is 19.4 Å². The van der Waals surface area contributed by atoms with Crippen LogP contribution in [0.1, 0.15) is 26.7 Å². The van der Waals surface area contributed by atoms with Gasteiger partial charge < -0.3 is 8.84 Å². The number of halogens is 1. The van der Waals surface area contributed by atoms with Gasteiger partial charge in [0.05, 0.1) is 6.61 Å². The molecule has 0 rings (SSSR count). The zero-order chi connectivity index (χ0) is 10.5. The van der Waals surface area contributed by atoms with E-state index in [1.807, 2.05) is 6.92 Å². The van der Waals surface area contributed by atoms with Gasteiger partial charge in [0, 0.05) is 6.42 Å². The molecule has 0 aromatic heterocycles. The molecule has 0 saturated carbocycles. The van der Waals surface area contributed by atoms with Crippen molar-refractivity contribution in [2.45, 2.75) is 45.3 Å². The summed E-state index contributed by atoms with van der Waals surface area (Å²) in [6.07, 6.45) is 1.03. The van der Waals surface area contributed by atoms with E-state index in [1.54, 1.807) is 20.0 Å². The second-order valence-electron chi connectivity index (χ2n) is 3.83. The summed E-state index contributed by atoms with van der Waals surface area (Å²) in [6, 6.07) is 0. The number of carbonyl (C=O) groups excluding carboxylic acids is 1. The molecule has 78 valence electrons. The monoisotopic (exact) mass is 206 g/mol. The van der Waals surface area contributed by atoms with Crippen LogP contribution in [0.25, 0.3) is 0 Å². The Labute approximate surface area is 80.7 Å². The predicted octanol–water partition coefficient (Wildman–Crippen LogP) is 2.89. The minimum atomic E-state index is -2.53. The minimum Gasteiger partial charge on any atom is -0.466 e. The summed E-state index contributed by atoms with van der Waals surface area (Å²) in [6.45, 7) is 7.35. The molecule has 0 spiro atoms. The molecule has 1 atom stereocenters. The van der Waals surface area contributed by atoms with Crippen molar-refractivity contribution in [2.24, 2.45) is 0 Å². The molecule has 0 aliphatic carbocycles. The van der Waals surface area contributed by atoms with E-state index in [-0.39, 0.29) is 11.5 Å². The molecule has 0 bridgehead atoms. The van der Waals surface area contributed by atoms with Crippen LogP contribution in [-0.4, -0.2) is 21.0 Å². The van der Waals surface area contributed by atoms with E-state index < -0.39 is 8.41 Å². The number of rotatable bonds is 5. The Hall–Kier alpha value is -0.383. The van der Waals surface area contributed by atoms with Gasteiger partial charge in [-0.05, 0) is 25.1 Å². The van der Waals surface area contributed by atoms with Gasteiger partial charge in [-0.1, -0.05) is 13.8 Å². The lowest BCUT2D eigenvalue weighted by molar-refractivity contribution is -0.143.